The third kappa shape index (κ3) is 2.96. The molecule has 0 bridgehead atoms. The maximum absolute atomic E-state index is 12.7. The van der Waals surface area contributed by atoms with Crippen molar-refractivity contribution in [1.82, 2.24) is 4.98 Å². The molecule has 1 heterocycles. The van der Waals surface area contributed by atoms with Crippen molar-refractivity contribution in [2.45, 2.75) is 52.4 Å². The fraction of sp³-hybridized carbons (Fsp3) is 0.625. The fourth-order valence-electron chi connectivity index (χ4n) is 2.94. The quantitative estimate of drug-likeness (QED) is 0.726. The van der Waals surface area contributed by atoms with Crippen LogP contribution in [0.3, 0.4) is 0 Å². The van der Waals surface area contributed by atoms with E-state index in [0.717, 1.165) is 25.7 Å². The van der Waals surface area contributed by atoms with Gasteiger partial charge in [0.05, 0.1) is 12.8 Å². The topological polar surface area (TPSA) is 39.2 Å². The maximum Gasteiger partial charge on any atom is 0.170 e. The van der Waals surface area contributed by atoms with Crippen LogP contribution in [-0.2, 0) is 0 Å². The molecule has 19 heavy (non-hydrogen) atoms. The van der Waals surface area contributed by atoms with E-state index in [1.165, 1.54) is 12.8 Å². The van der Waals surface area contributed by atoms with Gasteiger partial charge in [0, 0.05) is 17.2 Å². The minimum absolute atomic E-state index is 0.148. The summed E-state index contributed by atoms with van der Waals surface area (Å²) < 4.78 is 5.56. The first-order valence-electron chi connectivity index (χ1n) is 7.34. The molecule has 0 unspecified atom stereocenters. The normalized spacial score (nSPS) is 17.4. The van der Waals surface area contributed by atoms with Crippen LogP contribution >= 0.6 is 0 Å². The molecule has 104 valence electrons. The zero-order chi connectivity index (χ0) is 13.7. The molecular weight excluding hydrogens is 238 g/mol. The highest BCUT2D eigenvalue weighted by Gasteiger charge is 2.39. The number of pyridine rings is 1. The van der Waals surface area contributed by atoms with Gasteiger partial charge in [0.25, 0.3) is 0 Å². The Balaban J connectivity index is 2.18. The van der Waals surface area contributed by atoms with Gasteiger partial charge in [0.2, 0.25) is 0 Å². The third-order valence-electron chi connectivity index (χ3n) is 4.17. The van der Waals surface area contributed by atoms with Crippen LogP contribution in [0.2, 0.25) is 0 Å². The Labute approximate surface area is 115 Å². The fourth-order valence-corrected chi connectivity index (χ4v) is 2.94. The van der Waals surface area contributed by atoms with Gasteiger partial charge in [-0.25, -0.2) is 0 Å². The first-order valence-corrected chi connectivity index (χ1v) is 7.34. The molecule has 0 spiro atoms. The van der Waals surface area contributed by atoms with Crippen molar-refractivity contribution in [2.24, 2.45) is 5.41 Å². The van der Waals surface area contributed by atoms with Crippen LogP contribution in [0.15, 0.2) is 18.5 Å². The Bertz CT molecular complexity index is 436. The van der Waals surface area contributed by atoms with E-state index in [9.17, 15) is 4.79 Å². The second kappa shape index (κ2) is 6.18. The number of rotatable bonds is 6. The van der Waals surface area contributed by atoms with Crippen LogP contribution in [0, 0.1) is 5.41 Å². The van der Waals surface area contributed by atoms with Crippen LogP contribution in [0.4, 0.5) is 0 Å². The Kier molecular flexibility index (Phi) is 4.56. The van der Waals surface area contributed by atoms with E-state index < -0.39 is 0 Å². The Morgan fingerprint density at radius 1 is 1.32 bits per heavy atom. The highest BCUT2D eigenvalue weighted by Crippen LogP contribution is 2.43. The summed E-state index contributed by atoms with van der Waals surface area (Å²) in [5, 5.41) is 0. The van der Waals surface area contributed by atoms with Gasteiger partial charge in [-0.2, -0.15) is 0 Å². The Hall–Kier alpha value is -1.38. The van der Waals surface area contributed by atoms with Gasteiger partial charge in [-0.1, -0.05) is 26.7 Å². The number of ether oxygens (including phenoxy) is 1. The van der Waals surface area contributed by atoms with E-state index in [1.807, 2.05) is 6.07 Å². The van der Waals surface area contributed by atoms with Gasteiger partial charge in [0.15, 0.2) is 5.78 Å². The van der Waals surface area contributed by atoms with E-state index in [4.69, 9.17) is 4.74 Å². The molecular formula is C16H23NO2. The summed E-state index contributed by atoms with van der Waals surface area (Å²) >= 11 is 0. The molecule has 0 atom stereocenters. The van der Waals surface area contributed by atoms with Gasteiger partial charge in [-0.3, -0.25) is 9.78 Å². The van der Waals surface area contributed by atoms with Crippen molar-refractivity contribution >= 4 is 5.78 Å². The zero-order valence-corrected chi connectivity index (χ0v) is 11.9. The number of Topliss-reactive ketones (excluding diaryl/α,β-unsaturated/α-hetero) is 1. The lowest BCUT2D eigenvalue weighted by Gasteiger charge is -2.25. The SMILES string of the molecule is CCCOc1cncc(C(=O)C2(CC)CCCC2)c1. The molecule has 2 rings (SSSR count). The van der Waals surface area contributed by atoms with Crippen molar-refractivity contribution in [2.75, 3.05) is 6.61 Å². The van der Waals surface area contributed by atoms with Gasteiger partial charge < -0.3 is 4.74 Å². The molecule has 0 radical (unpaired) electrons. The molecule has 1 aliphatic carbocycles. The predicted octanol–water partition coefficient (Wildman–Crippen LogP) is 4.02. The molecule has 1 aliphatic rings. The van der Waals surface area contributed by atoms with E-state index in [-0.39, 0.29) is 11.2 Å². The molecule has 1 saturated carbocycles. The van der Waals surface area contributed by atoms with Gasteiger partial charge in [-0.15, -0.1) is 0 Å². The smallest absolute Gasteiger partial charge is 0.170 e. The second-order valence-corrected chi connectivity index (χ2v) is 5.43. The summed E-state index contributed by atoms with van der Waals surface area (Å²) in [5.74, 6) is 0.957. The largest absolute Gasteiger partial charge is 0.492 e. The number of carbonyl (C=O) groups excluding carboxylic acids is 1. The monoisotopic (exact) mass is 261 g/mol. The van der Waals surface area contributed by atoms with E-state index in [1.54, 1.807) is 12.4 Å². The number of nitrogens with zero attached hydrogens (tertiary/aromatic N) is 1. The molecule has 0 saturated heterocycles. The number of aromatic nitrogens is 1. The molecule has 3 nitrogen and oxygen atoms in total. The van der Waals surface area contributed by atoms with Crippen LogP contribution in [0.5, 0.6) is 5.75 Å². The standard InChI is InChI=1S/C16H23NO2/c1-3-9-19-14-10-13(11-17-12-14)15(18)16(4-2)7-5-6-8-16/h10-12H,3-9H2,1-2H3. The van der Waals surface area contributed by atoms with Crippen LogP contribution in [0.1, 0.15) is 62.7 Å². The number of hydrogen-bond acceptors (Lipinski definition) is 3. The summed E-state index contributed by atoms with van der Waals surface area (Å²) in [6, 6.07) is 1.85. The lowest BCUT2D eigenvalue weighted by atomic mass is 9.77. The molecule has 1 fully saturated rings. The first kappa shape index (κ1) is 14.0. The van der Waals surface area contributed by atoms with E-state index in [0.29, 0.717) is 17.9 Å². The van der Waals surface area contributed by atoms with Gasteiger partial charge >= 0.3 is 0 Å². The molecule has 0 aliphatic heterocycles. The maximum atomic E-state index is 12.7. The van der Waals surface area contributed by atoms with Crippen molar-refractivity contribution in [1.29, 1.82) is 0 Å². The molecule has 1 aromatic rings. The average Bonchev–Trinajstić information content (AvgIpc) is 2.94. The summed E-state index contributed by atoms with van der Waals surface area (Å²) in [4.78, 5) is 16.9. The first-order chi connectivity index (χ1) is 9.22. The molecule has 0 N–H and O–H groups in total. The zero-order valence-electron chi connectivity index (χ0n) is 11.9. The molecule has 0 aromatic carbocycles. The lowest BCUT2D eigenvalue weighted by molar-refractivity contribution is 0.0790. The highest BCUT2D eigenvalue weighted by molar-refractivity contribution is 6.00. The summed E-state index contributed by atoms with van der Waals surface area (Å²) in [5.41, 5.74) is 0.558. The van der Waals surface area contributed by atoms with Gasteiger partial charge in [0.1, 0.15) is 5.75 Å². The van der Waals surface area contributed by atoms with Crippen LogP contribution in [-0.4, -0.2) is 17.4 Å². The molecule has 0 amide bonds. The van der Waals surface area contributed by atoms with E-state index in [2.05, 4.69) is 18.8 Å². The minimum atomic E-state index is -0.148. The third-order valence-corrected chi connectivity index (χ3v) is 4.17. The number of ketones is 1. The van der Waals surface area contributed by atoms with Crippen molar-refractivity contribution in [3.63, 3.8) is 0 Å². The number of carbonyl (C=O) groups is 1. The summed E-state index contributed by atoms with van der Waals surface area (Å²) in [6.07, 6.45) is 9.60. The van der Waals surface area contributed by atoms with E-state index >= 15 is 0 Å². The summed E-state index contributed by atoms with van der Waals surface area (Å²) in [6.45, 7) is 4.85. The summed E-state index contributed by atoms with van der Waals surface area (Å²) in [7, 11) is 0. The van der Waals surface area contributed by atoms with Crippen LogP contribution in [0.25, 0.3) is 0 Å². The molecule has 3 heteroatoms. The average molecular weight is 261 g/mol. The van der Waals surface area contributed by atoms with Crippen molar-refractivity contribution < 1.29 is 9.53 Å². The van der Waals surface area contributed by atoms with Gasteiger partial charge in [-0.05, 0) is 31.7 Å². The minimum Gasteiger partial charge on any atom is -0.492 e. The number of hydrogen-bond donors (Lipinski definition) is 0. The lowest BCUT2D eigenvalue weighted by Crippen LogP contribution is -2.27. The van der Waals surface area contributed by atoms with Crippen LogP contribution < -0.4 is 4.74 Å². The van der Waals surface area contributed by atoms with Crippen molar-refractivity contribution in [3.05, 3.63) is 24.0 Å². The Morgan fingerprint density at radius 2 is 2.05 bits per heavy atom. The highest BCUT2D eigenvalue weighted by atomic mass is 16.5. The Morgan fingerprint density at radius 3 is 2.68 bits per heavy atom. The predicted molar refractivity (Wildman–Crippen MR) is 75.5 cm³/mol. The van der Waals surface area contributed by atoms with Crippen molar-refractivity contribution in [3.8, 4) is 5.75 Å². The second-order valence-electron chi connectivity index (χ2n) is 5.43. The molecule has 1 aromatic heterocycles.